The van der Waals surface area contributed by atoms with Crippen molar-refractivity contribution in [1.29, 1.82) is 0 Å². The Morgan fingerprint density at radius 2 is 2.24 bits per heavy atom. The van der Waals surface area contributed by atoms with Crippen molar-refractivity contribution in [3.05, 3.63) is 17.5 Å². The second-order valence-corrected chi connectivity index (χ2v) is 3.92. The first-order chi connectivity index (χ1) is 7.97. The van der Waals surface area contributed by atoms with Crippen LogP contribution in [0.4, 0.5) is 0 Å². The number of rotatable bonds is 5. The molecule has 0 bridgehead atoms. The monoisotopic (exact) mass is 239 g/mol. The summed E-state index contributed by atoms with van der Waals surface area (Å²) in [6, 6.07) is -0.841. The van der Waals surface area contributed by atoms with Gasteiger partial charge in [-0.15, -0.1) is 0 Å². The Hall–Kier alpha value is -1.85. The molecule has 0 aliphatic carbocycles. The van der Waals surface area contributed by atoms with E-state index in [1.54, 1.807) is 18.7 Å². The van der Waals surface area contributed by atoms with Gasteiger partial charge in [0, 0.05) is 12.7 Å². The predicted molar refractivity (Wildman–Crippen MR) is 61.7 cm³/mol. The number of amides is 1. The topological polar surface area (TPSA) is 84.2 Å². The zero-order chi connectivity index (χ0) is 13.0. The van der Waals surface area contributed by atoms with E-state index in [1.807, 2.05) is 6.92 Å². The molecule has 1 aromatic rings. The van der Waals surface area contributed by atoms with Crippen LogP contribution in [0.25, 0.3) is 0 Å². The lowest BCUT2D eigenvalue weighted by molar-refractivity contribution is -0.139. The van der Waals surface area contributed by atoms with Crippen molar-refractivity contribution in [2.75, 3.05) is 0 Å². The molecule has 2 N–H and O–H groups in total. The molecule has 17 heavy (non-hydrogen) atoms. The van der Waals surface area contributed by atoms with Gasteiger partial charge in [-0.25, -0.2) is 4.79 Å². The molecule has 1 heterocycles. The third kappa shape index (κ3) is 3.05. The maximum Gasteiger partial charge on any atom is 0.326 e. The number of nitrogens with zero attached hydrogens (tertiary/aromatic N) is 2. The van der Waals surface area contributed by atoms with Gasteiger partial charge in [-0.3, -0.25) is 9.48 Å². The molecular weight excluding hydrogens is 222 g/mol. The van der Waals surface area contributed by atoms with E-state index >= 15 is 0 Å². The molecule has 0 radical (unpaired) electrons. The van der Waals surface area contributed by atoms with E-state index in [-0.39, 0.29) is 0 Å². The summed E-state index contributed by atoms with van der Waals surface area (Å²) in [4.78, 5) is 22.8. The van der Waals surface area contributed by atoms with Crippen molar-refractivity contribution in [3.63, 3.8) is 0 Å². The smallest absolute Gasteiger partial charge is 0.326 e. The highest BCUT2D eigenvalue weighted by Crippen LogP contribution is 2.06. The van der Waals surface area contributed by atoms with E-state index in [0.717, 1.165) is 0 Å². The molecule has 0 aliphatic heterocycles. The Morgan fingerprint density at radius 3 is 2.65 bits per heavy atom. The number of nitrogens with one attached hydrogen (secondary N) is 1. The summed E-state index contributed by atoms with van der Waals surface area (Å²) in [5, 5.41) is 15.4. The first-order valence-corrected chi connectivity index (χ1v) is 5.49. The van der Waals surface area contributed by atoms with Gasteiger partial charge in [0.15, 0.2) is 0 Å². The van der Waals surface area contributed by atoms with Gasteiger partial charge in [0.1, 0.15) is 6.04 Å². The van der Waals surface area contributed by atoms with Gasteiger partial charge >= 0.3 is 5.97 Å². The molecule has 0 fully saturated rings. The highest BCUT2D eigenvalue weighted by atomic mass is 16.4. The van der Waals surface area contributed by atoms with E-state index in [4.69, 9.17) is 5.11 Å². The van der Waals surface area contributed by atoms with Crippen molar-refractivity contribution in [3.8, 4) is 0 Å². The lowest BCUT2D eigenvalue weighted by Gasteiger charge is -2.13. The normalized spacial score (nSPS) is 12.2. The Kier molecular flexibility index (Phi) is 4.25. The molecule has 0 aromatic carbocycles. The number of aromatic nitrogens is 2. The molecule has 6 nitrogen and oxygen atoms in total. The second-order valence-electron chi connectivity index (χ2n) is 3.92. The summed E-state index contributed by atoms with van der Waals surface area (Å²) < 4.78 is 1.57. The SMILES string of the molecule is CCCC(NC(=O)c1cnn(C)c1C)C(=O)O. The standard InChI is InChI=1S/C11H17N3O3/c1-4-5-9(11(16)17)13-10(15)8-6-12-14(3)7(8)2/h6,9H,4-5H2,1-3H3,(H,13,15)(H,16,17). The van der Waals surface area contributed by atoms with Crippen LogP contribution in [0.1, 0.15) is 35.8 Å². The van der Waals surface area contributed by atoms with Gasteiger partial charge in [-0.2, -0.15) is 5.10 Å². The molecular formula is C11H17N3O3. The minimum atomic E-state index is -1.01. The van der Waals surface area contributed by atoms with E-state index in [0.29, 0.717) is 24.1 Å². The number of aryl methyl sites for hydroxylation is 1. The average molecular weight is 239 g/mol. The van der Waals surface area contributed by atoms with Crippen LogP contribution in [-0.2, 0) is 11.8 Å². The average Bonchev–Trinajstić information content (AvgIpc) is 2.59. The third-order valence-corrected chi connectivity index (χ3v) is 2.66. The van der Waals surface area contributed by atoms with Gasteiger partial charge in [0.05, 0.1) is 11.8 Å². The summed E-state index contributed by atoms with van der Waals surface area (Å²) in [7, 11) is 1.73. The first-order valence-electron chi connectivity index (χ1n) is 5.49. The Labute approximate surface area is 99.6 Å². The summed E-state index contributed by atoms with van der Waals surface area (Å²) in [5.41, 5.74) is 1.12. The summed E-state index contributed by atoms with van der Waals surface area (Å²) >= 11 is 0. The highest BCUT2D eigenvalue weighted by Gasteiger charge is 2.21. The van der Waals surface area contributed by atoms with Crippen LogP contribution in [-0.4, -0.2) is 32.8 Å². The van der Waals surface area contributed by atoms with Crippen LogP contribution in [0.3, 0.4) is 0 Å². The zero-order valence-electron chi connectivity index (χ0n) is 10.2. The van der Waals surface area contributed by atoms with Crippen LogP contribution in [0.15, 0.2) is 6.20 Å². The lowest BCUT2D eigenvalue weighted by Crippen LogP contribution is -2.40. The molecule has 1 rings (SSSR count). The zero-order valence-corrected chi connectivity index (χ0v) is 10.2. The van der Waals surface area contributed by atoms with Gasteiger partial charge < -0.3 is 10.4 Å². The maximum absolute atomic E-state index is 11.8. The fraction of sp³-hybridized carbons (Fsp3) is 0.545. The van der Waals surface area contributed by atoms with Crippen LogP contribution in [0, 0.1) is 6.92 Å². The molecule has 1 amide bonds. The molecule has 0 spiro atoms. The van der Waals surface area contributed by atoms with Crippen molar-refractivity contribution in [2.45, 2.75) is 32.7 Å². The number of carbonyl (C=O) groups is 2. The van der Waals surface area contributed by atoms with E-state index in [2.05, 4.69) is 10.4 Å². The van der Waals surface area contributed by atoms with Crippen LogP contribution in [0.5, 0.6) is 0 Å². The molecule has 94 valence electrons. The predicted octanol–water partition coefficient (Wildman–Crippen LogP) is 0.712. The largest absolute Gasteiger partial charge is 0.480 e. The summed E-state index contributed by atoms with van der Waals surface area (Å²) in [6.07, 6.45) is 2.55. The molecule has 1 atom stereocenters. The number of aliphatic carboxylic acids is 1. The molecule has 0 saturated carbocycles. The van der Waals surface area contributed by atoms with Crippen LogP contribution >= 0.6 is 0 Å². The molecule has 1 unspecified atom stereocenters. The number of hydrogen-bond acceptors (Lipinski definition) is 3. The third-order valence-electron chi connectivity index (χ3n) is 2.66. The Morgan fingerprint density at radius 1 is 1.59 bits per heavy atom. The number of carboxylic acid groups (broad SMARTS) is 1. The molecule has 0 saturated heterocycles. The number of carbonyl (C=O) groups excluding carboxylic acids is 1. The van der Waals surface area contributed by atoms with Gasteiger partial charge in [0.25, 0.3) is 5.91 Å². The van der Waals surface area contributed by atoms with E-state index in [9.17, 15) is 9.59 Å². The second kappa shape index (κ2) is 5.47. The fourth-order valence-corrected chi connectivity index (χ4v) is 1.50. The molecule has 6 heteroatoms. The van der Waals surface area contributed by atoms with Gasteiger partial charge in [-0.05, 0) is 13.3 Å². The minimum absolute atomic E-state index is 0.392. The van der Waals surface area contributed by atoms with E-state index < -0.39 is 17.9 Å². The fourth-order valence-electron chi connectivity index (χ4n) is 1.50. The van der Waals surface area contributed by atoms with Crippen LogP contribution in [0.2, 0.25) is 0 Å². The van der Waals surface area contributed by atoms with Crippen LogP contribution < -0.4 is 5.32 Å². The van der Waals surface area contributed by atoms with E-state index in [1.165, 1.54) is 6.20 Å². The van der Waals surface area contributed by atoms with Gasteiger partial charge in [0.2, 0.25) is 0 Å². The van der Waals surface area contributed by atoms with Crippen molar-refractivity contribution in [1.82, 2.24) is 15.1 Å². The van der Waals surface area contributed by atoms with Crippen molar-refractivity contribution in [2.24, 2.45) is 7.05 Å². The number of carboxylic acids is 1. The lowest BCUT2D eigenvalue weighted by atomic mass is 10.1. The van der Waals surface area contributed by atoms with Crippen molar-refractivity contribution < 1.29 is 14.7 Å². The summed E-state index contributed by atoms with van der Waals surface area (Å²) in [6.45, 7) is 3.63. The summed E-state index contributed by atoms with van der Waals surface area (Å²) in [5.74, 6) is -1.40. The Bertz CT molecular complexity index is 426. The first kappa shape index (κ1) is 13.2. The Balaban J connectivity index is 2.77. The minimum Gasteiger partial charge on any atom is -0.480 e. The number of hydrogen-bond donors (Lipinski definition) is 2. The van der Waals surface area contributed by atoms with Crippen molar-refractivity contribution >= 4 is 11.9 Å². The molecule has 0 aliphatic rings. The highest BCUT2D eigenvalue weighted by molar-refractivity contribution is 5.97. The quantitative estimate of drug-likeness (QED) is 0.792. The molecule has 1 aromatic heterocycles. The maximum atomic E-state index is 11.8. The van der Waals surface area contributed by atoms with Gasteiger partial charge in [-0.1, -0.05) is 13.3 Å².